The van der Waals surface area contributed by atoms with Crippen LogP contribution in [-0.2, 0) is 0 Å². The van der Waals surface area contributed by atoms with Crippen molar-refractivity contribution in [3.8, 4) is 0 Å². The van der Waals surface area contributed by atoms with E-state index >= 15 is 0 Å². The van der Waals surface area contributed by atoms with Crippen LogP contribution >= 0.6 is 11.6 Å². The molecule has 1 N–H and O–H groups in total. The highest BCUT2D eigenvalue weighted by molar-refractivity contribution is 6.25. The van der Waals surface area contributed by atoms with Crippen molar-refractivity contribution in [2.75, 3.05) is 26.2 Å². The van der Waals surface area contributed by atoms with E-state index < -0.39 is 0 Å². The molecule has 0 aromatic heterocycles. The molecule has 0 saturated carbocycles. The van der Waals surface area contributed by atoms with Gasteiger partial charge in [0.1, 0.15) is 0 Å². The zero-order valence-corrected chi connectivity index (χ0v) is 11.6. The lowest BCUT2D eigenvalue weighted by Crippen LogP contribution is -2.41. The number of hydrogen-bond donors (Lipinski definition) is 1. The molecule has 0 radical (unpaired) electrons. The lowest BCUT2D eigenvalue weighted by atomic mass is 9.97. The van der Waals surface area contributed by atoms with Gasteiger partial charge in [0.05, 0.1) is 0 Å². The Bertz CT molecular complexity index is 226. The van der Waals surface area contributed by atoms with Gasteiger partial charge in [-0.1, -0.05) is 25.4 Å². The second-order valence-electron chi connectivity index (χ2n) is 5.26. The first-order valence-electron chi connectivity index (χ1n) is 6.33. The molecule has 0 bridgehead atoms. The van der Waals surface area contributed by atoms with Crippen molar-refractivity contribution < 1.29 is 0 Å². The summed E-state index contributed by atoms with van der Waals surface area (Å²) in [6.07, 6.45) is 2.68. The van der Waals surface area contributed by atoms with Crippen molar-refractivity contribution in [1.82, 2.24) is 10.2 Å². The number of nitrogens with zero attached hydrogens (tertiary/aromatic N) is 1. The molecular weight excluding hydrogens is 220 g/mol. The monoisotopic (exact) mass is 244 g/mol. The van der Waals surface area contributed by atoms with Gasteiger partial charge in [-0.3, -0.25) is 4.90 Å². The van der Waals surface area contributed by atoms with Gasteiger partial charge >= 0.3 is 0 Å². The Balaban J connectivity index is 2.29. The van der Waals surface area contributed by atoms with Gasteiger partial charge in [-0.2, -0.15) is 0 Å². The fraction of sp³-hybridized carbons (Fsp3) is 0.846. The van der Waals surface area contributed by atoms with Gasteiger partial charge in [0.25, 0.3) is 0 Å². The predicted molar refractivity (Wildman–Crippen MR) is 71.9 cm³/mol. The largest absolute Gasteiger partial charge is 0.314 e. The van der Waals surface area contributed by atoms with E-state index in [1.54, 1.807) is 5.54 Å². The molecule has 1 saturated heterocycles. The highest BCUT2D eigenvalue weighted by Crippen LogP contribution is 2.17. The topological polar surface area (TPSA) is 15.3 Å². The Kier molecular flexibility index (Phi) is 6.40. The summed E-state index contributed by atoms with van der Waals surface area (Å²) in [6.45, 7) is 11.1. The highest BCUT2D eigenvalue weighted by atomic mass is 35.5. The summed E-state index contributed by atoms with van der Waals surface area (Å²) < 4.78 is 0. The van der Waals surface area contributed by atoms with Crippen molar-refractivity contribution in [3.05, 3.63) is 11.1 Å². The molecule has 3 heteroatoms. The molecule has 1 atom stereocenters. The van der Waals surface area contributed by atoms with E-state index in [4.69, 9.17) is 11.6 Å². The number of rotatable bonds is 5. The van der Waals surface area contributed by atoms with Crippen LogP contribution in [0.4, 0.5) is 0 Å². The van der Waals surface area contributed by atoms with Crippen LogP contribution in [0.25, 0.3) is 0 Å². The van der Waals surface area contributed by atoms with Crippen LogP contribution in [0.3, 0.4) is 0 Å². The molecule has 1 aliphatic heterocycles. The summed E-state index contributed by atoms with van der Waals surface area (Å²) in [5.74, 6) is 0.805. The average molecular weight is 245 g/mol. The second kappa shape index (κ2) is 7.31. The van der Waals surface area contributed by atoms with E-state index in [2.05, 4.69) is 31.0 Å². The zero-order valence-electron chi connectivity index (χ0n) is 10.8. The van der Waals surface area contributed by atoms with Gasteiger partial charge in [-0.15, -0.1) is 0 Å². The summed E-state index contributed by atoms with van der Waals surface area (Å²) in [5.41, 5.74) is 2.97. The van der Waals surface area contributed by atoms with E-state index in [-0.39, 0.29) is 0 Å². The lowest BCUT2D eigenvalue weighted by Gasteiger charge is -2.33. The highest BCUT2D eigenvalue weighted by Gasteiger charge is 2.19. The normalized spacial score (nSPS) is 24.1. The quantitative estimate of drug-likeness (QED) is 0.800. The molecule has 16 heavy (non-hydrogen) atoms. The third-order valence-corrected chi connectivity index (χ3v) is 3.45. The summed E-state index contributed by atoms with van der Waals surface area (Å²) in [4.78, 5) is 2.52. The van der Waals surface area contributed by atoms with Gasteiger partial charge in [-0.25, -0.2) is 0 Å². The van der Waals surface area contributed by atoms with Gasteiger partial charge in [-0.05, 0) is 44.3 Å². The summed E-state index contributed by atoms with van der Waals surface area (Å²) in [7, 11) is 0. The molecule has 2 nitrogen and oxygen atoms in total. The molecule has 1 unspecified atom stereocenters. The van der Waals surface area contributed by atoms with Crippen LogP contribution in [0.1, 0.15) is 33.6 Å². The minimum absolute atomic E-state index is 0.597. The third-order valence-electron chi connectivity index (χ3n) is 3.08. The van der Waals surface area contributed by atoms with E-state index in [1.807, 2.05) is 0 Å². The predicted octanol–water partition coefficient (Wildman–Crippen LogP) is 2.84. The molecule has 0 aliphatic carbocycles. The van der Waals surface area contributed by atoms with Crippen molar-refractivity contribution in [2.24, 2.45) is 5.92 Å². The zero-order chi connectivity index (χ0) is 12.0. The molecule has 0 aromatic carbocycles. The van der Waals surface area contributed by atoms with Crippen LogP contribution in [0.15, 0.2) is 11.1 Å². The van der Waals surface area contributed by atoms with Crippen molar-refractivity contribution in [2.45, 2.75) is 39.7 Å². The summed E-state index contributed by atoms with van der Waals surface area (Å²) >= 11 is 5.71. The fourth-order valence-electron chi connectivity index (χ4n) is 2.25. The van der Waals surface area contributed by atoms with Gasteiger partial charge in [0.2, 0.25) is 0 Å². The van der Waals surface area contributed by atoms with Gasteiger partial charge in [0, 0.05) is 24.7 Å². The Morgan fingerprint density at radius 3 is 2.94 bits per heavy atom. The molecule has 0 amide bonds. The Morgan fingerprint density at radius 2 is 2.31 bits per heavy atom. The molecule has 1 aliphatic rings. The van der Waals surface area contributed by atoms with Crippen molar-refractivity contribution in [3.63, 3.8) is 0 Å². The third kappa shape index (κ3) is 5.33. The van der Waals surface area contributed by atoms with Crippen molar-refractivity contribution >= 4 is 11.6 Å². The SMILES string of the molecule is CC(=CCl)CN1CCCC(CNC(C)C)C1. The van der Waals surface area contributed by atoms with E-state index in [0.717, 1.165) is 19.0 Å². The number of hydrogen-bond acceptors (Lipinski definition) is 2. The summed E-state index contributed by atoms with van der Waals surface area (Å²) in [5, 5.41) is 3.54. The Hall–Kier alpha value is -0.0500. The molecule has 0 spiro atoms. The molecule has 1 fully saturated rings. The summed E-state index contributed by atoms with van der Waals surface area (Å²) in [6, 6.07) is 0.597. The van der Waals surface area contributed by atoms with E-state index in [0.29, 0.717) is 6.04 Å². The molecule has 1 rings (SSSR count). The number of likely N-dealkylation sites (tertiary alicyclic amines) is 1. The smallest absolute Gasteiger partial charge is 0.0201 e. The maximum absolute atomic E-state index is 5.71. The van der Waals surface area contributed by atoms with E-state index in [9.17, 15) is 0 Å². The van der Waals surface area contributed by atoms with Crippen molar-refractivity contribution in [1.29, 1.82) is 0 Å². The number of piperidine rings is 1. The molecular formula is C13H25ClN2. The number of nitrogens with one attached hydrogen (secondary N) is 1. The Morgan fingerprint density at radius 1 is 1.56 bits per heavy atom. The second-order valence-corrected chi connectivity index (χ2v) is 5.48. The van der Waals surface area contributed by atoms with E-state index in [1.165, 1.54) is 31.5 Å². The fourth-order valence-corrected chi connectivity index (χ4v) is 2.32. The van der Waals surface area contributed by atoms with Gasteiger partial charge in [0.15, 0.2) is 0 Å². The molecule has 1 heterocycles. The van der Waals surface area contributed by atoms with Crippen LogP contribution in [-0.4, -0.2) is 37.1 Å². The standard InChI is InChI=1S/C13H25ClN2/c1-11(2)15-8-13-5-4-6-16(10-13)9-12(3)7-14/h7,11,13,15H,4-6,8-10H2,1-3H3. The maximum Gasteiger partial charge on any atom is 0.0201 e. The molecule has 0 aromatic rings. The van der Waals surface area contributed by atoms with Crippen LogP contribution < -0.4 is 5.32 Å². The molecule has 94 valence electrons. The van der Waals surface area contributed by atoms with Gasteiger partial charge < -0.3 is 5.32 Å². The van der Waals surface area contributed by atoms with Crippen LogP contribution in [0, 0.1) is 5.92 Å². The number of halogens is 1. The first kappa shape index (κ1) is 14.0. The maximum atomic E-state index is 5.71. The van der Waals surface area contributed by atoms with Crippen LogP contribution in [0.2, 0.25) is 0 Å². The minimum Gasteiger partial charge on any atom is -0.314 e. The first-order valence-corrected chi connectivity index (χ1v) is 6.77. The van der Waals surface area contributed by atoms with Crippen LogP contribution in [0.5, 0.6) is 0 Å². The lowest BCUT2D eigenvalue weighted by molar-refractivity contribution is 0.183. The minimum atomic E-state index is 0.597. The Labute approximate surface area is 105 Å². The first-order chi connectivity index (χ1) is 7.61. The average Bonchev–Trinajstić information content (AvgIpc) is 2.26.